The fourth-order valence-electron chi connectivity index (χ4n) is 3.61. The highest BCUT2D eigenvalue weighted by atomic mass is 17.0. The predicted molar refractivity (Wildman–Crippen MR) is 113 cm³/mol. The van der Waals surface area contributed by atoms with Crippen LogP contribution in [-0.2, 0) is 28.7 Å². The minimum Gasteiger partial charge on any atom is -0.467 e. The Bertz CT molecular complexity index is 1410. The van der Waals surface area contributed by atoms with Crippen molar-refractivity contribution in [3.8, 4) is 0 Å². The minimum atomic E-state index is -1.87. The van der Waals surface area contributed by atoms with E-state index in [1.54, 1.807) is 0 Å². The number of aromatic nitrogens is 2. The fraction of sp³-hybridized carbons (Fsp3) is 0.333. The topological polar surface area (TPSA) is 235 Å². The SMILES string of the molecule is COC(=O)C(CO[N+](=O)[O-])n1c(=O)c2cc3c(=O)n(C(CO[N+](=O)[O-])C(=O)OC)c(=O)c3cc2c1=O. The van der Waals surface area contributed by atoms with E-state index in [-0.39, 0.29) is 0 Å². The van der Waals surface area contributed by atoms with E-state index < -0.39 is 91.2 Å². The van der Waals surface area contributed by atoms with Crippen molar-refractivity contribution < 1.29 is 38.9 Å². The van der Waals surface area contributed by atoms with E-state index in [1.807, 2.05) is 0 Å². The van der Waals surface area contributed by atoms with Crippen molar-refractivity contribution in [1.82, 2.24) is 9.13 Å². The van der Waals surface area contributed by atoms with Crippen LogP contribution in [0.1, 0.15) is 12.1 Å². The lowest BCUT2D eigenvalue weighted by Gasteiger charge is -2.13. The Balaban J connectivity index is 2.27. The molecule has 0 saturated carbocycles. The lowest BCUT2D eigenvalue weighted by molar-refractivity contribution is -0.758. The van der Waals surface area contributed by atoms with Gasteiger partial charge in [-0.3, -0.25) is 28.3 Å². The molecule has 0 aliphatic heterocycles. The second-order valence-corrected chi connectivity index (χ2v) is 7.02. The number of carbonyl (C=O) groups excluding carboxylic acids is 2. The van der Waals surface area contributed by atoms with Gasteiger partial charge in [0.1, 0.15) is 13.2 Å². The quantitative estimate of drug-likeness (QED) is 0.159. The van der Waals surface area contributed by atoms with Crippen molar-refractivity contribution in [3.05, 3.63) is 73.8 Å². The monoisotopic (exact) mass is 510 g/mol. The number of rotatable bonds is 10. The highest BCUT2D eigenvalue weighted by Gasteiger charge is 2.32. The smallest absolute Gasteiger partial charge is 0.331 e. The molecule has 0 aliphatic rings. The van der Waals surface area contributed by atoms with Gasteiger partial charge in [0.15, 0.2) is 12.1 Å². The lowest BCUT2D eigenvalue weighted by Crippen LogP contribution is -2.38. The van der Waals surface area contributed by atoms with Crippen molar-refractivity contribution in [1.29, 1.82) is 0 Å². The zero-order valence-electron chi connectivity index (χ0n) is 18.2. The van der Waals surface area contributed by atoms with Crippen LogP contribution in [0.5, 0.6) is 0 Å². The van der Waals surface area contributed by atoms with E-state index in [9.17, 15) is 49.0 Å². The van der Waals surface area contributed by atoms with Crippen LogP contribution in [0, 0.1) is 20.2 Å². The fourth-order valence-corrected chi connectivity index (χ4v) is 3.61. The van der Waals surface area contributed by atoms with Gasteiger partial charge in [0.25, 0.3) is 32.4 Å². The molecule has 36 heavy (non-hydrogen) atoms. The molecule has 190 valence electrons. The summed E-state index contributed by atoms with van der Waals surface area (Å²) in [6.45, 7) is -2.10. The number of hydrogen-bond acceptors (Lipinski definition) is 14. The van der Waals surface area contributed by atoms with Gasteiger partial charge in [-0.15, -0.1) is 20.2 Å². The molecule has 0 fully saturated rings. The van der Waals surface area contributed by atoms with Gasteiger partial charge in [-0.25, -0.2) is 9.59 Å². The number of methoxy groups -OCH3 is 2. The largest absolute Gasteiger partial charge is 0.467 e. The molecular formula is C18H14N4O14. The third-order valence-electron chi connectivity index (χ3n) is 5.20. The molecule has 0 spiro atoms. The van der Waals surface area contributed by atoms with Gasteiger partial charge >= 0.3 is 11.9 Å². The summed E-state index contributed by atoms with van der Waals surface area (Å²) in [5.41, 5.74) is -4.61. The van der Waals surface area contributed by atoms with Crippen molar-refractivity contribution in [2.75, 3.05) is 27.4 Å². The molecule has 0 saturated heterocycles. The van der Waals surface area contributed by atoms with Gasteiger partial charge in [-0.1, -0.05) is 0 Å². The Kier molecular flexibility index (Phi) is 6.79. The van der Waals surface area contributed by atoms with Gasteiger partial charge in [0.05, 0.1) is 35.8 Å². The Morgan fingerprint density at radius 3 is 1.22 bits per heavy atom. The third-order valence-corrected chi connectivity index (χ3v) is 5.20. The Morgan fingerprint density at radius 1 is 0.722 bits per heavy atom. The second kappa shape index (κ2) is 9.60. The van der Waals surface area contributed by atoms with Crippen LogP contribution in [-0.4, -0.2) is 58.7 Å². The third kappa shape index (κ3) is 4.21. The standard InChI is InChI=1S/C18H14N4O14/c1-33-17(27)11(5-35-21(29)30)19-13(23)7-3-9-10(4-8(7)14(19)24)16(26)20(15(9)25)12(18(28)34-2)6-36-22(31)32/h3-4,11-12H,5-6H2,1-2H3. The van der Waals surface area contributed by atoms with Crippen LogP contribution in [0.4, 0.5) is 0 Å². The molecular weight excluding hydrogens is 496 g/mol. The summed E-state index contributed by atoms with van der Waals surface area (Å²) in [5.74, 6) is -2.44. The molecule has 3 aromatic rings. The molecule has 0 bridgehead atoms. The van der Waals surface area contributed by atoms with Crippen LogP contribution in [0.2, 0.25) is 0 Å². The summed E-state index contributed by atoms with van der Waals surface area (Å²) >= 11 is 0. The summed E-state index contributed by atoms with van der Waals surface area (Å²) in [5, 5.41) is 16.8. The van der Waals surface area contributed by atoms with E-state index in [1.165, 1.54) is 0 Å². The van der Waals surface area contributed by atoms with E-state index in [4.69, 9.17) is 0 Å². The summed E-state index contributed by atoms with van der Waals surface area (Å²) in [7, 11) is 1.81. The number of nitrogens with zero attached hydrogens (tertiary/aromatic N) is 4. The molecule has 18 nitrogen and oxygen atoms in total. The first-order valence-electron chi connectivity index (χ1n) is 9.58. The van der Waals surface area contributed by atoms with Gasteiger partial charge in [-0.05, 0) is 12.1 Å². The van der Waals surface area contributed by atoms with E-state index >= 15 is 0 Å². The van der Waals surface area contributed by atoms with Crippen molar-refractivity contribution >= 4 is 33.5 Å². The number of ether oxygens (including phenoxy) is 2. The lowest BCUT2D eigenvalue weighted by atomic mass is 10.1. The molecule has 0 aliphatic carbocycles. The van der Waals surface area contributed by atoms with Gasteiger partial charge < -0.3 is 19.1 Å². The summed E-state index contributed by atoms with van der Waals surface area (Å²) in [6, 6.07) is -2.02. The number of benzene rings is 1. The highest BCUT2D eigenvalue weighted by Crippen LogP contribution is 2.18. The maximum Gasteiger partial charge on any atom is 0.331 e. The van der Waals surface area contributed by atoms with Crippen LogP contribution in [0.3, 0.4) is 0 Å². The normalized spacial score (nSPS) is 12.7. The van der Waals surface area contributed by atoms with Crippen LogP contribution in [0.15, 0.2) is 31.3 Å². The first-order valence-corrected chi connectivity index (χ1v) is 9.58. The molecule has 1 aromatic carbocycles. The minimum absolute atomic E-state index is 0.323. The van der Waals surface area contributed by atoms with E-state index in [2.05, 4.69) is 19.1 Å². The average molecular weight is 510 g/mol. The predicted octanol–water partition coefficient (Wildman–Crippen LogP) is -2.24. The molecule has 0 radical (unpaired) electrons. The number of hydrogen-bond donors (Lipinski definition) is 0. The molecule has 2 heterocycles. The molecule has 0 N–H and O–H groups in total. The second-order valence-electron chi connectivity index (χ2n) is 7.02. The molecule has 0 amide bonds. The zero-order valence-corrected chi connectivity index (χ0v) is 18.2. The van der Waals surface area contributed by atoms with Crippen molar-refractivity contribution in [2.24, 2.45) is 0 Å². The summed E-state index contributed by atoms with van der Waals surface area (Å²) in [4.78, 5) is 105. The molecule has 18 heteroatoms. The average Bonchev–Trinajstić information content (AvgIpc) is 3.22. The number of esters is 2. The van der Waals surface area contributed by atoms with Crippen molar-refractivity contribution in [2.45, 2.75) is 12.1 Å². The van der Waals surface area contributed by atoms with E-state index in [0.717, 1.165) is 26.4 Å². The first-order chi connectivity index (χ1) is 16.9. The van der Waals surface area contributed by atoms with Gasteiger partial charge in [0.2, 0.25) is 0 Å². The van der Waals surface area contributed by atoms with Crippen LogP contribution >= 0.6 is 0 Å². The molecule has 3 rings (SSSR count). The van der Waals surface area contributed by atoms with Gasteiger partial charge in [-0.2, -0.15) is 0 Å². The number of carbonyl (C=O) groups is 2. The maximum atomic E-state index is 12.9. The zero-order chi connectivity index (χ0) is 26.9. The molecule has 2 unspecified atom stereocenters. The highest BCUT2D eigenvalue weighted by molar-refractivity contribution is 5.98. The number of fused-ring (bicyclic) bond motifs is 2. The van der Waals surface area contributed by atoms with E-state index in [0.29, 0.717) is 9.13 Å². The van der Waals surface area contributed by atoms with Crippen LogP contribution in [0.25, 0.3) is 21.5 Å². The maximum absolute atomic E-state index is 12.9. The molecule has 2 aromatic heterocycles. The Labute approximate surface area is 195 Å². The summed E-state index contributed by atoms with van der Waals surface area (Å²) < 4.78 is 9.59. The van der Waals surface area contributed by atoms with Gasteiger partial charge in [0, 0.05) is 0 Å². The van der Waals surface area contributed by atoms with Crippen LogP contribution < -0.4 is 22.2 Å². The summed E-state index contributed by atoms with van der Waals surface area (Å²) in [6.07, 6.45) is 0. The Morgan fingerprint density at radius 2 is 1.00 bits per heavy atom. The Hall–Kier alpha value is -5.16. The van der Waals surface area contributed by atoms with Crippen molar-refractivity contribution in [3.63, 3.8) is 0 Å². The first kappa shape index (κ1) is 25.5. The molecule has 2 atom stereocenters.